The van der Waals surface area contributed by atoms with Gasteiger partial charge in [-0.15, -0.1) is 10.2 Å². The van der Waals surface area contributed by atoms with E-state index in [1.807, 2.05) is 19.1 Å². The van der Waals surface area contributed by atoms with Crippen molar-refractivity contribution in [2.24, 2.45) is 5.10 Å². The van der Waals surface area contributed by atoms with E-state index in [1.165, 1.54) is 12.1 Å². The van der Waals surface area contributed by atoms with Gasteiger partial charge in [0.15, 0.2) is 4.34 Å². The molecule has 0 saturated carbocycles. The van der Waals surface area contributed by atoms with Gasteiger partial charge in [0, 0.05) is 11.3 Å². The summed E-state index contributed by atoms with van der Waals surface area (Å²) in [5.41, 5.74) is 5.48. The van der Waals surface area contributed by atoms with Crippen LogP contribution in [0.1, 0.15) is 33.4 Å². The van der Waals surface area contributed by atoms with E-state index < -0.39 is 0 Å². The summed E-state index contributed by atoms with van der Waals surface area (Å²) >= 11 is 3.18. The number of carbonyl (C=O) groups excluding carboxylic acids is 1. The SMILES string of the molecule is C/C(=N\NC(=O)c1ccc(CSc2nnc(C)s2)cc1)c1ccc(F)cc1. The minimum absolute atomic E-state index is 0.296. The molecule has 0 bridgehead atoms. The molecule has 0 aliphatic rings. The van der Waals surface area contributed by atoms with Gasteiger partial charge in [-0.25, -0.2) is 9.82 Å². The fraction of sp³-hybridized carbons (Fsp3) is 0.158. The van der Waals surface area contributed by atoms with Gasteiger partial charge in [0.25, 0.3) is 5.91 Å². The van der Waals surface area contributed by atoms with Gasteiger partial charge in [-0.05, 0) is 49.2 Å². The third kappa shape index (κ3) is 5.45. The molecule has 0 atom stereocenters. The molecule has 1 N–H and O–H groups in total. The number of thioether (sulfide) groups is 1. The Morgan fingerprint density at radius 1 is 1.11 bits per heavy atom. The van der Waals surface area contributed by atoms with Gasteiger partial charge in [-0.2, -0.15) is 5.10 Å². The summed E-state index contributed by atoms with van der Waals surface area (Å²) in [7, 11) is 0. The zero-order valence-corrected chi connectivity index (χ0v) is 16.4. The highest BCUT2D eigenvalue weighted by Crippen LogP contribution is 2.25. The highest BCUT2D eigenvalue weighted by atomic mass is 32.2. The second kappa shape index (κ2) is 8.88. The quantitative estimate of drug-likeness (QED) is 0.378. The van der Waals surface area contributed by atoms with Crippen molar-refractivity contribution >= 4 is 34.7 Å². The Morgan fingerprint density at radius 3 is 2.41 bits per heavy atom. The number of carbonyl (C=O) groups is 1. The average Bonchev–Trinajstić information content (AvgIpc) is 3.10. The molecule has 8 heteroatoms. The van der Waals surface area contributed by atoms with E-state index in [0.29, 0.717) is 11.3 Å². The monoisotopic (exact) mass is 400 g/mol. The van der Waals surface area contributed by atoms with Crippen LogP contribution in [0, 0.1) is 12.7 Å². The first kappa shape index (κ1) is 19.2. The van der Waals surface area contributed by atoms with E-state index in [4.69, 9.17) is 0 Å². The number of amides is 1. The third-order valence-corrected chi connectivity index (χ3v) is 5.72. The molecule has 3 aromatic rings. The van der Waals surface area contributed by atoms with Crippen LogP contribution in [0.2, 0.25) is 0 Å². The maximum absolute atomic E-state index is 13.0. The van der Waals surface area contributed by atoms with Crippen molar-refractivity contribution in [3.8, 4) is 0 Å². The van der Waals surface area contributed by atoms with Crippen molar-refractivity contribution < 1.29 is 9.18 Å². The number of halogens is 1. The Labute approximate surface area is 164 Å². The standard InChI is InChI=1S/C19H17FN4OS2/c1-12(15-7-9-17(20)10-8-15)21-23-18(25)16-5-3-14(4-6-16)11-26-19-24-22-13(2)27-19/h3-10H,11H2,1-2H3,(H,23,25)/b21-12+. The molecule has 0 aliphatic carbocycles. The molecule has 3 rings (SSSR count). The predicted molar refractivity (Wildman–Crippen MR) is 107 cm³/mol. The number of benzene rings is 2. The van der Waals surface area contributed by atoms with Crippen molar-refractivity contribution in [2.45, 2.75) is 23.9 Å². The normalized spacial score (nSPS) is 11.4. The minimum atomic E-state index is -0.310. The Balaban J connectivity index is 1.56. The number of rotatable bonds is 6. The molecule has 2 aromatic carbocycles. The zero-order valence-electron chi connectivity index (χ0n) is 14.8. The van der Waals surface area contributed by atoms with Crippen molar-refractivity contribution in [3.63, 3.8) is 0 Å². The Hall–Kier alpha value is -2.58. The van der Waals surface area contributed by atoms with E-state index in [1.54, 1.807) is 54.3 Å². The van der Waals surface area contributed by atoms with Gasteiger partial charge in [-0.3, -0.25) is 4.79 Å². The fourth-order valence-corrected chi connectivity index (χ4v) is 3.96. The largest absolute Gasteiger partial charge is 0.271 e. The highest BCUT2D eigenvalue weighted by Gasteiger charge is 2.07. The van der Waals surface area contributed by atoms with Crippen LogP contribution in [0.3, 0.4) is 0 Å². The molecule has 5 nitrogen and oxygen atoms in total. The smallest absolute Gasteiger partial charge is 0.267 e. The van der Waals surface area contributed by atoms with Crippen LogP contribution in [0.5, 0.6) is 0 Å². The molecule has 1 heterocycles. The lowest BCUT2D eigenvalue weighted by atomic mass is 10.1. The molecule has 0 radical (unpaired) electrons. The average molecular weight is 401 g/mol. The zero-order chi connectivity index (χ0) is 19.2. The number of hydrogen-bond acceptors (Lipinski definition) is 6. The topological polar surface area (TPSA) is 67.2 Å². The van der Waals surface area contributed by atoms with Gasteiger partial charge in [0.1, 0.15) is 10.8 Å². The summed E-state index contributed by atoms with van der Waals surface area (Å²) < 4.78 is 13.9. The molecular weight excluding hydrogens is 383 g/mol. The van der Waals surface area contributed by atoms with Crippen molar-refractivity contribution in [3.05, 3.63) is 76.0 Å². The van der Waals surface area contributed by atoms with Crippen LogP contribution in [0.4, 0.5) is 4.39 Å². The predicted octanol–water partition coefficient (Wildman–Crippen LogP) is 4.43. The van der Waals surface area contributed by atoms with Crippen LogP contribution < -0.4 is 5.43 Å². The van der Waals surface area contributed by atoms with Gasteiger partial charge >= 0.3 is 0 Å². The van der Waals surface area contributed by atoms with Crippen LogP contribution in [0.15, 0.2) is 58.0 Å². The summed E-state index contributed by atoms with van der Waals surface area (Å²) in [4.78, 5) is 12.2. The van der Waals surface area contributed by atoms with E-state index >= 15 is 0 Å². The van der Waals surface area contributed by atoms with Crippen molar-refractivity contribution in [1.82, 2.24) is 15.6 Å². The maximum Gasteiger partial charge on any atom is 0.271 e. The van der Waals surface area contributed by atoms with E-state index in [9.17, 15) is 9.18 Å². The number of aryl methyl sites for hydroxylation is 1. The molecule has 1 aromatic heterocycles. The van der Waals surface area contributed by atoms with E-state index in [0.717, 1.165) is 26.2 Å². The summed E-state index contributed by atoms with van der Waals surface area (Å²) in [6.45, 7) is 3.68. The number of aromatic nitrogens is 2. The summed E-state index contributed by atoms with van der Waals surface area (Å²) in [5.74, 6) is 0.156. The molecule has 1 amide bonds. The van der Waals surface area contributed by atoms with Gasteiger partial charge in [0.05, 0.1) is 5.71 Å². The molecule has 0 saturated heterocycles. The van der Waals surface area contributed by atoms with Gasteiger partial charge in [-0.1, -0.05) is 47.4 Å². The van der Waals surface area contributed by atoms with Gasteiger partial charge < -0.3 is 0 Å². The Bertz CT molecular complexity index is 953. The fourth-order valence-electron chi connectivity index (χ4n) is 2.19. The van der Waals surface area contributed by atoms with Crippen molar-refractivity contribution in [2.75, 3.05) is 0 Å². The molecule has 27 heavy (non-hydrogen) atoms. The van der Waals surface area contributed by atoms with Gasteiger partial charge in [0.2, 0.25) is 0 Å². The first-order valence-corrected chi connectivity index (χ1v) is 9.94. The summed E-state index contributed by atoms with van der Waals surface area (Å²) in [5, 5.41) is 13.1. The number of hydrogen-bond donors (Lipinski definition) is 1. The lowest BCUT2D eigenvalue weighted by molar-refractivity contribution is 0.0955. The lowest BCUT2D eigenvalue weighted by Crippen LogP contribution is -2.19. The second-order valence-electron chi connectivity index (χ2n) is 5.72. The lowest BCUT2D eigenvalue weighted by Gasteiger charge is -2.04. The van der Waals surface area contributed by atoms with Crippen LogP contribution in [-0.4, -0.2) is 21.8 Å². The maximum atomic E-state index is 13.0. The molecule has 0 fully saturated rings. The summed E-state index contributed by atoms with van der Waals surface area (Å²) in [6.07, 6.45) is 0. The first-order chi connectivity index (χ1) is 13.0. The second-order valence-corrected chi connectivity index (χ2v) is 8.12. The van der Waals surface area contributed by atoms with Crippen LogP contribution in [0.25, 0.3) is 0 Å². The van der Waals surface area contributed by atoms with Crippen molar-refractivity contribution in [1.29, 1.82) is 0 Å². The molecule has 0 unspecified atom stereocenters. The third-order valence-electron chi connectivity index (χ3n) is 3.67. The molecule has 138 valence electrons. The van der Waals surface area contributed by atoms with E-state index in [2.05, 4.69) is 20.7 Å². The minimum Gasteiger partial charge on any atom is -0.267 e. The first-order valence-electron chi connectivity index (χ1n) is 8.13. The Kier molecular flexibility index (Phi) is 6.31. The van der Waals surface area contributed by atoms with Crippen LogP contribution in [-0.2, 0) is 5.75 Å². The molecule has 0 aliphatic heterocycles. The number of hydrazone groups is 1. The molecular formula is C19H17FN4OS2. The molecule has 0 spiro atoms. The Morgan fingerprint density at radius 2 is 1.78 bits per heavy atom. The highest BCUT2D eigenvalue weighted by molar-refractivity contribution is 8.00. The number of nitrogens with one attached hydrogen (secondary N) is 1. The van der Waals surface area contributed by atoms with E-state index in [-0.39, 0.29) is 11.7 Å². The summed E-state index contributed by atoms with van der Waals surface area (Å²) in [6, 6.07) is 13.3. The number of nitrogens with zero attached hydrogens (tertiary/aromatic N) is 3. The van der Waals surface area contributed by atoms with Crippen LogP contribution >= 0.6 is 23.1 Å².